The summed E-state index contributed by atoms with van der Waals surface area (Å²) in [6.45, 7) is 0. The Hall–Kier alpha value is -4.45. The number of fused-ring (bicyclic) bond motifs is 2. The summed E-state index contributed by atoms with van der Waals surface area (Å²) >= 11 is 0. The van der Waals surface area contributed by atoms with E-state index in [0.717, 1.165) is 18.4 Å². The molecule has 2 saturated carbocycles. The number of hydrogen-bond acceptors (Lipinski definition) is 9. The van der Waals surface area contributed by atoms with Crippen molar-refractivity contribution < 1.29 is 14.6 Å². The third-order valence-electron chi connectivity index (χ3n) is 7.37. The lowest BCUT2D eigenvalue weighted by Gasteiger charge is -2.33. The molecule has 12 nitrogen and oxygen atoms in total. The lowest BCUT2D eigenvalue weighted by molar-refractivity contribution is 0.0471. The number of nitrogens with one attached hydrogen (secondary N) is 1. The number of aliphatic hydroxyl groups excluding tert-OH is 1. The van der Waals surface area contributed by atoms with Crippen LogP contribution in [0.4, 0.5) is 11.6 Å². The zero-order chi connectivity index (χ0) is 26.0. The molecule has 12 heteroatoms. The molecular weight excluding hydrogens is 488 g/mol. The van der Waals surface area contributed by atoms with E-state index in [1.807, 2.05) is 19.3 Å². The van der Waals surface area contributed by atoms with Crippen molar-refractivity contribution in [2.45, 2.75) is 43.7 Å². The molecule has 2 aliphatic carbocycles. The zero-order valence-electron chi connectivity index (χ0n) is 20.9. The van der Waals surface area contributed by atoms with Crippen LogP contribution in [-0.4, -0.2) is 52.0 Å². The van der Waals surface area contributed by atoms with E-state index in [2.05, 4.69) is 25.4 Å². The van der Waals surface area contributed by atoms with E-state index in [-0.39, 0.29) is 17.7 Å². The van der Waals surface area contributed by atoms with E-state index < -0.39 is 0 Å². The fraction of sp³-hybridized carbons (Fsp3) is 0.346. The van der Waals surface area contributed by atoms with Gasteiger partial charge in [0.2, 0.25) is 5.95 Å². The van der Waals surface area contributed by atoms with Crippen molar-refractivity contribution in [3.8, 4) is 17.2 Å². The van der Waals surface area contributed by atoms with Crippen LogP contribution in [0.15, 0.2) is 48.0 Å². The maximum Gasteiger partial charge on any atom is 0.274 e. The summed E-state index contributed by atoms with van der Waals surface area (Å²) < 4.78 is 17.1. The van der Waals surface area contributed by atoms with Crippen molar-refractivity contribution in [3.63, 3.8) is 0 Å². The van der Waals surface area contributed by atoms with Crippen LogP contribution in [-0.2, 0) is 7.05 Å². The minimum Gasteiger partial charge on any atom is -0.491 e. The monoisotopic (exact) mass is 514 g/mol. The first-order chi connectivity index (χ1) is 18.5. The van der Waals surface area contributed by atoms with Crippen molar-refractivity contribution in [1.29, 1.82) is 0 Å². The predicted molar refractivity (Wildman–Crippen MR) is 138 cm³/mol. The highest BCUT2D eigenvalue weighted by molar-refractivity contribution is 5.85. The minimum absolute atomic E-state index is 0.00813. The first-order valence-corrected chi connectivity index (χ1v) is 12.6. The van der Waals surface area contributed by atoms with E-state index in [1.54, 1.807) is 51.7 Å². The average Bonchev–Trinajstić information content (AvgIpc) is 3.61. The molecule has 0 radical (unpaired) electrons. The molecule has 0 unspecified atom stereocenters. The molecule has 0 spiro atoms. The van der Waals surface area contributed by atoms with Gasteiger partial charge in [0.25, 0.3) is 5.56 Å². The third-order valence-corrected chi connectivity index (χ3v) is 7.37. The third kappa shape index (κ3) is 3.67. The van der Waals surface area contributed by atoms with E-state index in [1.165, 1.54) is 0 Å². The number of aromatic nitrogens is 7. The van der Waals surface area contributed by atoms with Crippen molar-refractivity contribution >= 4 is 28.3 Å². The van der Waals surface area contributed by atoms with E-state index in [9.17, 15) is 9.90 Å². The number of ether oxygens (including phenoxy) is 2. The molecule has 194 valence electrons. The van der Waals surface area contributed by atoms with Crippen molar-refractivity contribution in [2.24, 2.45) is 7.05 Å². The number of aryl methyl sites for hydroxylation is 1. The topological polar surface area (TPSA) is 134 Å². The number of imidazole rings is 1. The highest BCUT2D eigenvalue weighted by Crippen LogP contribution is 2.42. The molecule has 5 aromatic rings. The Morgan fingerprint density at radius 3 is 2.76 bits per heavy atom. The summed E-state index contributed by atoms with van der Waals surface area (Å²) in [5.74, 6) is 2.28. The van der Waals surface area contributed by atoms with Crippen LogP contribution in [0.1, 0.15) is 43.2 Å². The van der Waals surface area contributed by atoms with Crippen LogP contribution in [0.3, 0.4) is 0 Å². The van der Waals surface area contributed by atoms with Gasteiger partial charge in [0, 0.05) is 31.7 Å². The number of pyridine rings is 2. The first kappa shape index (κ1) is 22.7. The molecule has 0 aromatic carbocycles. The summed E-state index contributed by atoms with van der Waals surface area (Å²) in [7, 11) is 3.39. The van der Waals surface area contributed by atoms with Crippen LogP contribution in [0.2, 0.25) is 0 Å². The second-order valence-electron chi connectivity index (χ2n) is 9.92. The van der Waals surface area contributed by atoms with Crippen molar-refractivity contribution in [3.05, 3.63) is 59.2 Å². The SMILES string of the molecule is COc1c(Oc2cnn3ccncc23)cnc2nc(Nc3cc(C4CC4)cn([C@H]4C[C@H](O)C4)c3=O)n(C)c12. The summed E-state index contributed by atoms with van der Waals surface area (Å²) in [4.78, 5) is 26.7. The lowest BCUT2D eigenvalue weighted by Crippen LogP contribution is -2.37. The number of methoxy groups -OCH3 is 1. The molecule has 38 heavy (non-hydrogen) atoms. The normalized spacial score (nSPS) is 19.0. The summed E-state index contributed by atoms with van der Waals surface area (Å²) in [5.41, 5.74) is 3.20. The number of hydrogen-bond donors (Lipinski definition) is 2. The quantitative estimate of drug-likeness (QED) is 0.336. The maximum absolute atomic E-state index is 13.4. The zero-order valence-corrected chi connectivity index (χ0v) is 20.9. The Labute approximate surface area is 216 Å². The van der Waals surface area contributed by atoms with Gasteiger partial charge in [-0.1, -0.05) is 0 Å². The fourth-order valence-corrected chi connectivity index (χ4v) is 5.05. The smallest absolute Gasteiger partial charge is 0.274 e. The largest absolute Gasteiger partial charge is 0.491 e. The molecule has 2 aliphatic rings. The lowest BCUT2D eigenvalue weighted by atomic mass is 9.89. The van der Waals surface area contributed by atoms with Gasteiger partial charge in [-0.2, -0.15) is 10.1 Å². The van der Waals surface area contributed by atoms with Gasteiger partial charge in [-0.05, 0) is 43.2 Å². The standard InChI is InChI=1S/C26H26N8O4/c1-32-22-23(37-2)21(38-20-12-29-34-6-5-27-10-19(20)34)11-28-24(22)31-26(32)30-18-7-15(14-3-4-14)13-33(25(18)36)16-8-17(35)9-16/h5-7,10-14,16-17,35H,3-4,8-9H2,1-2H3,(H,28,30,31)/t16-,17-. The Morgan fingerprint density at radius 1 is 1.16 bits per heavy atom. The van der Waals surface area contributed by atoms with E-state index in [4.69, 9.17) is 9.47 Å². The second-order valence-corrected chi connectivity index (χ2v) is 9.92. The first-order valence-electron chi connectivity index (χ1n) is 12.6. The van der Waals surface area contributed by atoms with Crippen LogP contribution in [0, 0.1) is 0 Å². The van der Waals surface area contributed by atoms with Crippen LogP contribution >= 0.6 is 0 Å². The molecule has 0 bridgehead atoms. The van der Waals surface area contributed by atoms with Crippen LogP contribution < -0.4 is 20.3 Å². The molecule has 0 saturated heterocycles. The molecule has 5 aromatic heterocycles. The number of anilines is 2. The molecule has 0 atom stereocenters. The molecular formula is C26H26N8O4. The van der Waals surface area contributed by atoms with Gasteiger partial charge >= 0.3 is 0 Å². The Morgan fingerprint density at radius 2 is 2.00 bits per heavy atom. The molecule has 0 aliphatic heterocycles. The van der Waals surface area contributed by atoms with Gasteiger partial charge in [-0.25, -0.2) is 9.50 Å². The molecule has 0 amide bonds. The highest BCUT2D eigenvalue weighted by atomic mass is 16.5. The maximum atomic E-state index is 13.4. The number of rotatable bonds is 7. The Kier molecular flexibility index (Phi) is 5.11. The van der Waals surface area contributed by atoms with Gasteiger partial charge < -0.3 is 29.0 Å². The number of nitrogens with zero attached hydrogens (tertiary/aromatic N) is 7. The molecule has 7 rings (SSSR count). The van der Waals surface area contributed by atoms with Crippen LogP contribution in [0.25, 0.3) is 16.7 Å². The van der Waals surface area contributed by atoms with Crippen molar-refractivity contribution in [2.75, 3.05) is 12.4 Å². The Bertz CT molecular complexity index is 1750. The molecule has 2 N–H and O–H groups in total. The van der Waals surface area contributed by atoms with Gasteiger partial charge in [-0.3, -0.25) is 9.78 Å². The second kappa shape index (κ2) is 8.55. The Balaban J connectivity index is 1.27. The fourth-order valence-electron chi connectivity index (χ4n) is 5.05. The van der Waals surface area contributed by atoms with Gasteiger partial charge in [-0.15, -0.1) is 0 Å². The molecule has 5 heterocycles. The number of aliphatic hydroxyl groups is 1. The van der Waals surface area contributed by atoms with E-state index in [0.29, 0.717) is 64.3 Å². The van der Waals surface area contributed by atoms with Gasteiger partial charge in [0.15, 0.2) is 22.9 Å². The van der Waals surface area contributed by atoms with Gasteiger partial charge in [0.1, 0.15) is 16.7 Å². The van der Waals surface area contributed by atoms with E-state index >= 15 is 0 Å². The van der Waals surface area contributed by atoms with Crippen LogP contribution in [0.5, 0.6) is 17.2 Å². The molecule has 2 fully saturated rings. The minimum atomic E-state index is -0.348. The average molecular weight is 515 g/mol. The highest BCUT2D eigenvalue weighted by Gasteiger charge is 2.32. The summed E-state index contributed by atoms with van der Waals surface area (Å²) in [6, 6.07) is 1.93. The summed E-state index contributed by atoms with van der Waals surface area (Å²) in [6.07, 6.45) is 13.2. The van der Waals surface area contributed by atoms with Gasteiger partial charge in [0.05, 0.1) is 31.8 Å². The predicted octanol–water partition coefficient (Wildman–Crippen LogP) is 3.29. The van der Waals surface area contributed by atoms with Crippen molar-refractivity contribution in [1.82, 2.24) is 33.7 Å². The summed E-state index contributed by atoms with van der Waals surface area (Å²) in [5, 5.41) is 17.3.